The summed E-state index contributed by atoms with van der Waals surface area (Å²) < 4.78 is 5.34. The van der Waals surface area contributed by atoms with E-state index in [0.717, 1.165) is 5.56 Å². The third-order valence-electron chi connectivity index (χ3n) is 2.99. The molecule has 4 nitrogen and oxygen atoms in total. The van der Waals surface area contributed by atoms with Crippen molar-refractivity contribution in [1.82, 2.24) is 5.32 Å². The van der Waals surface area contributed by atoms with Crippen molar-refractivity contribution in [2.75, 3.05) is 0 Å². The topological polar surface area (TPSA) is 55.4 Å². The number of benzene rings is 1. The summed E-state index contributed by atoms with van der Waals surface area (Å²) in [5.74, 6) is 0.368. The Balaban J connectivity index is 2.48. The molecule has 1 heterocycles. The molecule has 2 atom stereocenters. The van der Waals surface area contributed by atoms with Crippen molar-refractivity contribution in [1.29, 1.82) is 0 Å². The Hall–Kier alpha value is -1.65. The zero-order valence-electron chi connectivity index (χ0n) is 10.6. The fourth-order valence-corrected chi connectivity index (χ4v) is 2.40. The number of allylic oxidation sites excluding steroid dienone is 1. The first kappa shape index (κ1) is 13.8. The Morgan fingerprint density at radius 2 is 2.21 bits per heavy atom. The SMILES string of the molecule is CC(=O)C1=C(C)OC(C=O)NC1c1cccc(Cl)c1. The first-order valence-electron chi connectivity index (χ1n) is 5.88. The zero-order chi connectivity index (χ0) is 14.0. The molecule has 19 heavy (non-hydrogen) atoms. The Kier molecular flexibility index (Phi) is 4.02. The molecule has 0 saturated carbocycles. The van der Waals surface area contributed by atoms with Crippen molar-refractivity contribution < 1.29 is 14.3 Å². The largest absolute Gasteiger partial charge is 0.472 e. The van der Waals surface area contributed by atoms with Gasteiger partial charge in [0, 0.05) is 5.02 Å². The highest BCUT2D eigenvalue weighted by Gasteiger charge is 2.31. The second-order valence-electron chi connectivity index (χ2n) is 4.36. The summed E-state index contributed by atoms with van der Waals surface area (Å²) in [6, 6.07) is 6.79. The molecule has 2 unspecified atom stereocenters. The Labute approximate surface area is 116 Å². The molecule has 5 heteroatoms. The second kappa shape index (κ2) is 5.55. The monoisotopic (exact) mass is 279 g/mol. The summed E-state index contributed by atoms with van der Waals surface area (Å²) in [5.41, 5.74) is 1.34. The Morgan fingerprint density at radius 1 is 1.47 bits per heavy atom. The molecule has 100 valence electrons. The van der Waals surface area contributed by atoms with Crippen LogP contribution in [0.15, 0.2) is 35.6 Å². The molecule has 1 aliphatic heterocycles. The lowest BCUT2D eigenvalue weighted by atomic mass is 9.94. The van der Waals surface area contributed by atoms with Gasteiger partial charge in [0.05, 0.1) is 11.6 Å². The molecular formula is C14H14ClNO3. The van der Waals surface area contributed by atoms with Gasteiger partial charge in [0.1, 0.15) is 5.76 Å². The summed E-state index contributed by atoms with van der Waals surface area (Å²) in [6.45, 7) is 3.16. The van der Waals surface area contributed by atoms with E-state index < -0.39 is 6.23 Å². The van der Waals surface area contributed by atoms with Crippen LogP contribution >= 0.6 is 11.6 Å². The van der Waals surface area contributed by atoms with Crippen LogP contribution in [0.2, 0.25) is 5.02 Å². The minimum Gasteiger partial charge on any atom is -0.472 e. The van der Waals surface area contributed by atoms with Crippen LogP contribution < -0.4 is 5.32 Å². The van der Waals surface area contributed by atoms with Gasteiger partial charge in [0.25, 0.3) is 0 Å². The summed E-state index contributed by atoms with van der Waals surface area (Å²) in [7, 11) is 0. The van der Waals surface area contributed by atoms with E-state index in [2.05, 4.69) is 5.32 Å². The molecular weight excluding hydrogens is 266 g/mol. The van der Waals surface area contributed by atoms with Crippen LogP contribution in [0.5, 0.6) is 0 Å². The maximum Gasteiger partial charge on any atom is 0.206 e. The lowest BCUT2D eigenvalue weighted by Gasteiger charge is -2.31. The van der Waals surface area contributed by atoms with Gasteiger partial charge in [-0.15, -0.1) is 0 Å². The fourth-order valence-electron chi connectivity index (χ4n) is 2.21. The van der Waals surface area contributed by atoms with Gasteiger partial charge in [-0.05, 0) is 31.5 Å². The van der Waals surface area contributed by atoms with Crippen molar-refractivity contribution in [3.63, 3.8) is 0 Å². The number of carbonyl (C=O) groups is 2. The van der Waals surface area contributed by atoms with Gasteiger partial charge in [-0.3, -0.25) is 14.9 Å². The number of nitrogens with one attached hydrogen (secondary N) is 1. The summed E-state index contributed by atoms with van der Waals surface area (Å²) in [6.07, 6.45) is -0.0927. The van der Waals surface area contributed by atoms with Gasteiger partial charge in [-0.2, -0.15) is 0 Å². The van der Waals surface area contributed by atoms with Gasteiger partial charge < -0.3 is 4.74 Å². The van der Waals surface area contributed by atoms with Crippen molar-refractivity contribution in [2.24, 2.45) is 0 Å². The number of carbonyl (C=O) groups excluding carboxylic acids is 2. The molecule has 0 radical (unpaired) electrons. The lowest BCUT2D eigenvalue weighted by Crippen LogP contribution is -2.42. The van der Waals surface area contributed by atoms with Crippen LogP contribution in [-0.4, -0.2) is 18.3 Å². The molecule has 0 fully saturated rings. The fraction of sp³-hybridized carbons (Fsp3) is 0.286. The number of aldehydes is 1. The van der Waals surface area contributed by atoms with E-state index in [1.807, 2.05) is 6.07 Å². The second-order valence-corrected chi connectivity index (χ2v) is 4.79. The lowest BCUT2D eigenvalue weighted by molar-refractivity contribution is -0.121. The average molecular weight is 280 g/mol. The summed E-state index contributed by atoms with van der Waals surface area (Å²) in [5, 5.41) is 3.56. The van der Waals surface area contributed by atoms with Gasteiger partial charge >= 0.3 is 0 Å². The Bertz CT molecular complexity index is 553. The minimum atomic E-state index is -0.757. The average Bonchev–Trinajstić information content (AvgIpc) is 2.37. The molecule has 0 spiro atoms. The summed E-state index contributed by atoms with van der Waals surface area (Å²) >= 11 is 5.97. The maximum atomic E-state index is 11.8. The predicted octanol–water partition coefficient (Wildman–Crippen LogP) is 2.39. The van der Waals surface area contributed by atoms with Crippen molar-refractivity contribution in [3.05, 3.63) is 46.2 Å². The van der Waals surface area contributed by atoms with Crippen LogP contribution in [-0.2, 0) is 14.3 Å². The number of ketones is 1. The number of halogens is 1. The molecule has 1 aromatic carbocycles. The molecule has 1 N–H and O–H groups in total. The van der Waals surface area contributed by atoms with E-state index >= 15 is 0 Å². The third kappa shape index (κ3) is 2.85. The summed E-state index contributed by atoms with van der Waals surface area (Å²) in [4.78, 5) is 22.7. The third-order valence-corrected chi connectivity index (χ3v) is 3.22. The van der Waals surface area contributed by atoms with E-state index in [9.17, 15) is 9.59 Å². The molecule has 0 saturated heterocycles. The number of hydrogen-bond donors (Lipinski definition) is 1. The Morgan fingerprint density at radius 3 is 2.79 bits per heavy atom. The van der Waals surface area contributed by atoms with Gasteiger partial charge in [-0.25, -0.2) is 0 Å². The van der Waals surface area contributed by atoms with E-state index in [1.165, 1.54) is 6.92 Å². The minimum absolute atomic E-state index is 0.0978. The molecule has 0 amide bonds. The van der Waals surface area contributed by atoms with Crippen molar-refractivity contribution >= 4 is 23.7 Å². The number of rotatable bonds is 3. The normalized spacial score (nSPS) is 22.9. The van der Waals surface area contributed by atoms with Crippen molar-refractivity contribution in [3.8, 4) is 0 Å². The first-order valence-corrected chi connectivity index (χ1v) is 6.26. The van der Waals surface area contributed by atoms with E-state index in [4.69, 9.17) is 16.3 Å². The molecule has 0 aliphatic carbocycles. The predicted molar refractivity (Wildman–Crippen MR) is 71.6 cm³/mol. The molecule has 0 bridgehead atoms. The first-order chi connectivity index (χ1) is 9.02. The zero-order valence-corrected chi connectivity index (χ0v) is 11.4. The van der Waals surface area contributed by atoms with Gasteiger partial charge in [0.2, 0.25) is 6.23 Å². The molecule has 0 aromatic heterocycles. The smallest absolute Gasteiger partial charge is 0.206 e. The number of ether oxygens (including phenoxy) is 1. The quantitative estimate of drug-likeness (QED) is 0.863. The van der Waals surface area contributed by atoms with Crippen LogP contribution in [0.3, 0.4) is 0 Å². The van der Waals surface area contributed by atoms with E-state index in [1.54, 1.807) is 25.1 Å². The van der Waals surface area contributed by atoms with Gasteiger partial charge in [-0.1, -0.05) is 23.7 Å². The highest BCUT2D eigenvalue weighted by atomic mass is 35.5. The molecule has 1 aromatic rings. The van der Waals surface area contributed by atoms with Crippen LogP contribution in [0.4, 0.5) is 0 Å². The van der Waals surface area contributed by atoms with E-state index in [0.29, 0.717) is 22.6 Å². The van der Waals surface area contributed by atoms with Gasteiger partial charge in [0.15, 0.2) is 12.1 Å². The number of Topliss-reactive ketones (excluding diaryl/α,β-unsaturated/α-hetero) is 1. The maximum absolute atomic E-state index is 11.8. The molecule has 1 aliphatic rings. The highest BCUT2D eigenvalue weighted by molar-refractivity contribution is 6.30. The van der Waals surface area contributed by atoms with Crippen LogP contribution in [0, 0.1) is 0 Å². The van der Waals surface area contributed by atoms with Crippen LogP contribution in [0.1, 0.15) is 25.5 Å². The highest BCUT2D eigenvalue weighted by Crippen LogP contribution is 2.31. The standard InChI is InChI=1S/C14H14ClNO3/c1-8(18)13-9(2)19-12(7-17)16-14(13)10-4-3-5-11(15)6-10/h3-7,12,14,16H,1-2H3. The van der Waals surface area contributed by atoms with E-state index in [-0.39, 0.29) is 11.8 Å². The molecule has 2 rings (SSSR count). The van der Waals surface area contributed by atoms with Crippen molar-refractivity contribution in [2.45, 2.75) is 26.1 Å². The van der Waals surface area contributed by atoms with Crippen LogP contribution in [0.25, 0.3) is 0 Å². The number of hydrogen-bond acceptors (Lipinski definition) is 4.